The molecule has 0 bridgehead atoms. The van der Waals surface area contributed by atoms with Crippen molar-refractivity contribution in [1.82, 2.24) is 4.90 Å². The molecule has 3 nitrogen and oxygen atoms in total. The molecule has 0 radical (unpaired) electrons. The number of nitrogens with zero attached hydrogens (tertiary/aromatic N) is 3. The van der Waals surface area contributed by atoms with E-state index in [4.69, 9.17) is 4.99 Å². The highest BCUT2D eigenvalue weighted by molar-refractivity contribution is 6.10. The second-order valence-corrected chi connectivity index (χ2v) is 6.31. The molecule has 0 N–H and O–H groups in total. The van der Waals surface area contributed by atoms with Gasteiger partial charge in [0.15, 0.2) is 0 Å². The van der Waals surface area contributed by atoms with Gasteiger partial charge in [-0.2, -0.15) is 0 Å². The predicted octanol–water partition coefficient (Wildman–Crippen LogP) is 5.80. The molecule has 0 fully saturated rings. The Hall–Kier alpha value is -2.94. The summed E-state index contributed by atoms with van der Waals surface area (Å²) in [7, 11) is 5.76. The molecule has 0 aromatic heterocycles. The molecule has 0 amide bonds. The molecule has 0 heterocycles. The third kappa shape index (κ3) is 6.37. The second-order valence-electron chi connectivity index (χ2n) is 6.31. The van der Waals surface area contributed by atoms with Crippen molar-refractivity contribution in [3.63, 3.8) is 0 Å². The Labute approximate surface area is 164 Å². The molecule has 0 unspecified atom stereocenters. The van der Waals surface area contributed by atoms with Gasteiger partial charge in [-0.3, -0.25) is 9.98 Å². The van der Waals surface area contributed by atoms with E-state index in [-0.39, 0.29) is 0 Å². The monoisotopic (exact) mass is 361 g/mol. The number of allylic oxidation sites excluding steroid dienone is 6. The zero-order valence-electron chi connectivity index (χ0n) is 17.5. The van der Waals surface area contributed by atoms with Crippen LogP contribution >= 0.6 is 0 Å². The van der Waals surface area contributed by atoms with Gasteiger partial charge >= 0.3 is 0 Å². The lowest BCUT2D eigenvalue weighted by atomic mass is 10.0. The second kappa shape index (κ2) is 10.9. The van der Waals surface area contributed by atoms with Crippen molar-refractivity contribution in [3.8, 4) is 0 Å². The molecule has 142 valence electrons. The third-order valence-corrected chi connectivity index (χ3v) is 4.02. The van der Waals surface area contributed by atoms with Crippen molar-refractivity contribution in [3.05, 3.63) is 84.1 Å². The molecule has 0 aliphatic carbocycles. The number of hydrogen-bond donors (Lipinski definition) is 0. The predicted molar refractivity (Wildman–Crippen MR) is 122 cm³/mol. The van der Waals surface area contributed by atoms with Crippen LogP contribution in [0, 0.1) is 0 Å². The Balaban J connectivity index is 3.25. The summed E-state index contributed by atoms with van der Waals surface area (Å²) in [5.41, 5.74) is 6.87. The first-order valence-corrected chi connectivity index (χ1v) is 8.99. The summed E-state index contributed by atoms with van der Waals surface area (Å²) in [4.78, 5) is 10.9. The fourth-order valence-corrected chi connectivity index (χ4v) is 2.75. The lowest BCUT2D eigenvalue weighted by Crippen LogP contribution is -2.03. The number of aliphatic imine (C=N–C) groups is 2. The minimum absolute atomic E-state index is 0.728. The van der Waals surface area contributed by atoms with E-state index < -0.39 is 0 Å². The first kappa shape index (κ1) is 22.1. The van der Waals surface area contributed by atoms with Crippen molar-refractivity contribution in [1.29, 1.82) is 0 Å². The summed E-state index contributed by atoms with van der Waals surface area (Å²) in [5, 5.41) is 0. The van der Waals surface area contributed by atoms with Gasteiger partial charge in [-0.05, 0) is 49.1 Å². The van der Waals surface area contributed by atoms with Crippen molar-refractivity contribution >= 4 is 23.2 Å². The standard InChI is InChI=1S/C24H31N3/c1-9-20(16-25-6)24(11-3)19(5)26-18(4)22-13-12-14-23(15-22)21(10-2)17-27(7)8/h9-17H,2,4H2,1,3,5-8H3/b20-9+,21-17+,24-11+,25-16?,26-19?. The summed E-state index contributed by atoms with van der Waals surface area (Å²) in [6.45, 7) is 14.1. The lowest BCUT2D eigenvalue weighted by Gasteiger charge is -2.12. The van der Waals surface area contributed by atoms with E-state index >= 15 is 0 Å². The van der Waals surface area contributed by atoms with Crippen LogP contribution in [0.1, 0.15) is 31.9 Å². The number of hydrogen-bond acceptors (Lipinski definition) is 3. The Kier molecular flexibility index (Phi) is 8.94. The fraction of sp³-hybridized carbons (Fsp3) is 0.250. The van der Waals surface area contributed by atoms with Crippen LogP contribution in [0.2, 0.25) is 0 Å². The average molecular weight is 362 g/mol. The van der Waals surface area contributed by atoms with E-state index in [0.717, 1.165) is 39.3 Å². The maximum Gasteiger partial charge on any atom is 0.0633 e. The summed E-state index contributed by atoms with van der Waals surface area (Å²) in [5.74, 6) is 0. The molecule has 1 aromatic carbocycles. The lowest BCUT2D eigenvalue weighted by molar-refractivity contribution is 0.566. The molecular formula is C24H31N3. The molecule has 0 aliphatic rings. The van der Waals surface area contributed by atoms with E-state index in [9.17, 15) is 0 Å². The quantitative estimate of drug-likeness (QED) is 0.425. The van der Waals surface area contributed by atoms with Crippen molar-refractivity contribution in [2.45, 2.75) is 20.8 Å². The molecule has 0 aliphatic heterocycles. The zero-order chi connectivity index (χ0) is 20.4. The first-order chi connectivity index (χ1) is 12.9. The highest BCUT2D eigenvalue weighted by Crippen LogP contribution is 2.23. The van der Waals surface area contributed by atoms with E-state index in [1.807, 2.05) is 76.5 Å². The fourth-order valence-electron chi connectivity index (χ4n) is 2.75. The van der Waals surface area contributed by atoms with Gasteiger partial charge in [0.1, 0.15) is 0 Å². The topological polar surface area (TPSA) is 28.0 Å². The smallest absolute Gasteiger partial charge is 0.0633 e. The minimum Gasteiger partial charge on any atom is -0.383 e. The van der Waals surface area contributed by atoms with Crippen LogP contribution in [0.3, 0.4) is 0 Å². The van der Waals surface area contributed by atoms with Gasteiger partial charge in [0.05, 0.1) is 5.70 Å². The van der Waals surface area contributed by atoms with Gasteiger partial charge in [-0.15, -0.1) is 0 Å². The van der Waals surface area contributed by atoms with Crippen LogP contribution in [-0.4, -0.2) is 38.0 Å². The van der Waals surface area contributed by atoms with Gasteiger partial charge in [-0.25, -0.2) is 0 Å². The largest absolute Gasteiger partial charge is 0.383 e. The first-order valence-electron chi connectivity index (χ1n) is 8.99. The normalized spacial score (nSPS) is 13.9. The van der Waals surface area contributed by atoms with Crippen LogP contribution < -0.4 is 0 Å². The zero-order valence-corrected chi connectivity index (χ0v) is 17.5. The molecular weight excluding hydrogens is 330 g/mol. The molecule has 27 heavy (non-hydrogen) atoms. The summed E-state index contributed by atoms with van der Waals surface area (Å²) < 4.78 is 0. The molecule has 3 heteroatoms. The van der Waals surface area contributed by atoms with Crippen LogP contribution in [0.25, 0.3) is 11.3 Å². The van der Waals surface area contributed by atoms with Gasteiger partial charge in [0.2, 0.25) is 0 Å². The molecule has 0 saturated carbocycles. The minimum atomic E-state index is 0.728. The van der Waals surface area contributed by atoms with Crippen molar-refractivity contribution < 1.29 is 0 Å². The number of rotatable bonds is 8. The van der Waals surface area contributed by atoms with Crippen LogP contribution in [0.5, 0.6) is 0 Å². The summed E-state index contributed by atoms with van der Waals surface area (Å²) >= 11 is 0. The Morgan fingerprint density at radius 1 is 1.11 bits per heavy atom. The van der Waals surface area contributed by atoms with Crippen LogP contribution in [0.15, 0.2) is 83.0 Å². The van der Waals surface area contributed by atoms with Crippen molar-refractivity contribution in [2.75, 3.05) is 21.1 Å². The van der Waals surface area contributed by atoms with Gasteiger partial charge in [0.25, 0.3) is 0 Å². The SMILES string of the molecule is C=C/C(=C\N(C)C)c1cccc(C(=C)N=C(C)C(=C\C)/C(C=NC)=C/C)c1. The Morgan fingerprint density at radius 3 is 2.30 bits per heavy atom. The van der Waals surface area contributed by atoms with Gasteiger partial charge in [-0.1, -0.05) is 49.6 Å². The highest BCUT2D eigenvalue weighted by Gasteiger charge is 2.08. The molecule has 1 aromatic rings. The van der Waals surface area contributed by atoms with Crippen LogP contribution in [-0.2, 0) is 0 Å². The average Bonchev–Trinajstić information content (AvgIpc) is 2.65. The highest BCUT2D eigenvalue weighted by atomic mass is 15.0. The molecule has 1 rings (SSSR count). The van der Waals surface area contributed by atoms with E-state index in [2.05, 4.69) is 36.4 Å². The molecule has 0 saturated heterocycles. The van der Waals surface area contributed by atoms with Crippen molar-refractivity contribution in [2.24, 2.45) is 9.98 Å². The van der Waals surface area contributed by atoms with Crippen LogP contribution in [0.4, 0.5) is 0 Å². The molecule has 0 atom stereocenters. The van der Waals surface area contributed by atoms with E-state index in [1.54, 1.807) is 7.05 Å². The summed E-state index contributed by atoms with van der Waals surface area (Å²) in [6.07, 6.45) is 9.84. The molecule has 0 spiro atoms. The Morgan fingerprint density at radius 2 is 1.78 bits per heavy atom. The Bertz CT molecular complexity index is 831. The third-order valence-electron chi connectivity index (χ3n) is 4.02. The van der Waals surface area contributed by atoms with E-state index in [0.29, 0.717) is 0 Å². The number of benzene rings is 1. The summed E-state index contributed by atoms with van der Waals surface area (Å²) in [6, 6.07) is 8.21. The van der Waals surface area contributed by atoms with Gasteiger partial charge in [0, 0.05) is 44.8 Å². The van der Waals surface area contributed by atoms with E-state index in [1.165, 1.54) is 0 Å². The maximum atomic E-state index is 4.75. The van der Waals surface area contributed by atoms with Gasteiger partial charge < -0.3 is 4.90 Å². The maximum absolute atomic E-state index is 4.75.